The molecule has 0 atom stereocenters. The molecule has 3 rings (SSSR count). The number of benzene rings is 2. The van der Waals surface area contributed by atoms with Crippen LogP contribution in [0, 0.1) is 0 Å². The SMILES string of the molecule is O=C(CN1CCOCC1)Nc1ccc(NC(=O)Nc2ccc(Cl)cc2)cc1. The van der Waals surface area contributed by atoms with Gasteiger partial charge in [-0.1, -0.05) is 11.6 Å². The van der Waals surface area contributed by atoms with E-state index >= 15 is 0 Å². The molecular formula is C19H21ClN4O3. The molecule has 0 spiro atoms. The maximum Gasteiger partial charge on any atom is 0.323 e. The molecule has 1 saturated heterocycles. The second-order valence-corrected chi connectivity index (χ2v) is 6.54. The van der Waals surface area contributed by atoms with E-state index in [1.807, 2.05) is 0 Å². The third kappa shape index (κ3) is 6.25. The maximum absolute atomic E-state index is 12.1. The Morgan fingerprint density at radius 2 is 1.33 bits per heavy atom. The summed E-state index contributed by atoms with van der Waals surface area (Å²) in [6, 6.07) is 13.4. The predicted molar refractivity (Wildman–Crippen MR) is 106 cm³/mol. The van der Waals surface area contributed by atoms with E-state index in [1.54, 1.807) is 48.5 Å². The molecule has 27 heavy (non-hydrogen) atoms. The summed E-state index contributed by atoms with van der Waals surface area (Å²) in [5.74, 6) is -0.0712. The zero-order chi connectivity index (χ0) is 19.1. The minimum atomic E-state index is -0.360. The first-order valence-corrected chi connectivity index (χ1v) is 9.00. The summed E-state index contributed by atoms with van der Waals surface area (Å²) in [5, 5.41) is 8.91. The molecule has 0 aliphatic carbocycles. The van der Waals surface area contributed by atoms with Crippen LogP contribution in [-0.4, -0.2) is 49.7 Å². The Hall–Kier alpha value is -2.61. The summed E-state index contributed by atoms with van der Waals surface area (Å²) in [6.45, 7) is 3.18. The van der Waals surface area contributed by atoms with Gasteiger partial charge in [-0.15, -0.1) is 0 Å². The highest BCUT2D eigenvalue weighted by Crippen LogP contribution is 2.16. The van der Waals surface area contributed by atoms with Crippen molar-refractivity contribution in [3.05, 3.63) is 53.6 Å². The molecule has 0 saturated carbocycles. The van der Waals surface area contributed by atoms with E-state index in [9.17, 15) is 9.59 Å². The van der Waals surface area contributed by atoms with Crippen LogP contribution in [0.25, 0.3) is 0 Å². The Kier molecular flexibility index (Phi) is 6.64. The molecule has 1 fully saturated rings. The van der Waals surface area contributed by atoms with Gasteiger partial charge in [-0.25, -0.2) is 4.79 Å². The monoisotopic (exact) mass is 388 g/mol. The average molecular weight is 389 g/mol. The molecule has 0 radical (unpaired) electrons. The van der Waals surface area contributed by atoms with Gasteiger partial charge in [-0.05, 0) is 48.5 Å². The zero-order valence-electron chi connectivity index (χ0n) is 14.7. The van der Waals surface area contributed by atoms with Crippen molar-refractivity contribution in [2.24, 2.45) is 0 Å². The summed E-state index contributed by atoms with van der Waals surface area (Å²) < 4.78 is 5.27. The highest BCUT2D eigenvalue weighted by Gasteiger charge is 2.14. The molecule has 1 aliphatic heterocycles. The first-order valence-electron chi connectivity index (χ1n) is 8.62. The molecule has 3 amide bonds. The molecular weight excluding hydrogens is 368 g/mol. The number of nitrogens with one attached hydrogen (secondary N) is 3. The average Bonchev–Trinajstić information content (AvgIpc) is 2.66. The second kappa shape index (κ2) is 9.36. The summed E-state index contributed by atoms with van der Waals surface area (Å²) in [7, 11) is 0. The van der Waals surface area contributed by atoms with E-state index < -0.39 is 0 Å². The highest BCUT2D eigenvalue weighted by atomic mass is 35.5. The molecule has 3 N–H and O–H groups in total. The lowest BCUT2D eigenvalue weighted by Gasteiger charge is -2.25. The number of hydrogen-bond donors (Lipinski definition) is 3. The number of carbonyl (C=O) groups is 2. The number of rotatable bonds is 5. The Labute approximate surface area is 162 Å². The number of amides is 3. The molecule has 0 aromatic heterocycles. The first kappa shape index (κ1) is 19.2. The van der Waals surface area contributed by atoms with Gasteiger partial charge in [0.05, 0.1) is 19.8 Å². The van der Waals surface area contributed by atoms with Crippen LogP contribution in [0.2, 0.25) is 5.02 Å². The van der Waals surface area contributed by atoms with Crippen LogP contribution in [0.1, 0.15) is 0 Å². The number of anilines is 3. The van der Waals surface area contributed by atoms with Gasteiger partial charge in [-0.2, -0.15) is 0 Å². The molecule has 1 heterocycles. The van der Waals surface area contributed by atoms with Crippen molar-refractivity contribution in [1.82, 2.24) is 4.90 Å². The van der Waals surface area contributed by atoms with E-state index in [1.165, 1.54) is 0 Å². The lowest BCUT2D eigenvalue weighted by Crippen LogP contribution is -2.41. The van der Waals surface area contributed by atoms with Gasteiger partial charge in [0.1, 0.15) is 0 Å². The van der Waals surface area contributed by atoms with E-state index in [4.69, 9.17) is 16.3 Å². The smallest absolute Gasteiger partial charge is 0.323 e. The summed E-state index contributed by atoms with van der Waals surface area (Å²) in [5.41, 5.74) is 1.94. The lowest BCUT2D eigenvalue weighted by molar-refractivity contribution is -0.118. The molecule has 1 aliphatic rings. The van der Waals surface area contributed by atoms with Gasteiger partial charge in [0, 0.05) is 35.2 Å². The van der Waals surface area contributed by atoms with Crippen molar-refractivity contribution >= 4 is 40.6 Å². The van der Waals surface area contributed by atoms with E-state index in [2.05, 4.69) is 20.9 Å². The number of nitrogens with zero attached hydrogens (tertiary/aromatic N) is 1. The Morgan fingerprint density at radius 1 is 0.852 bits per heavy atom. The number of ether oxygens (including phenoxy) is 1. The largest absolute Gasteiger partial charge is 0.379 e. The van der Waals surface area contributed by atoms with Gasteiger partial charge >= 0.3 is 6.03 Å². The molecule has 8 heteroatoms. The van der Waals surface area contributed by atoms with E-state index in [0.29, 0.717) is 41.8 Å². The van der Waals surface area contributed by atoms with Crippen LogP contribution in [0.4, 0.5) is 21.9 Å². The number of carbonyl (C=O) groups excluding carboxylic acids is 2. The highest BCUT2D eigenvalue weighted by molar-refractivity contribution is 6.30. The van der Waals surface area contributed by atoms with Gasteiger partial charge in [0.15, 0.2) is 0 Å². The van der Waals surface area contributed by atoms with Crippen LogP contribution in [-0.2, 0) is 9.53 Å². The van der Waals surface area contributed by atoms with Crippen LogP contribution in [0.3, 0.4) is 0 Å². The third-order valence-electron chi connectivity index (χ3n) is 4.00. The summed E-state index contributed by atoms with van der Waals surface area (Å²) >= 11 is 5.82. The quantitative estimate of drug-likeness (QED) is 0.734. The van der Waals surface area contributed by atoms with Gasteiger partial charge in [0.25, 0.3) is 0 Å². The molecule has 2 aromatic carbocycles. The normalized spacial score (nSPS) is 14.4. The topological polar surface area (TPSA) is 82.7 Å². The summed E-state index contributed by atoms with van der Waals surface area (Å²) in [6.07, 6.45) is 0. The molecule has 0 unspecified atom stereocenters. The van der Waals surface area contributed by atoms with Crippen molar-refractivity contribution in [2.75, 3.05) is 48.8 Å². The Bertz CT molecular complexity index is 775. The van der Waals surface area contributed by atoms with Crippen LogP contribution < -0.4 is 16.0 Å². The number of morpholine rings is 1. The van der Waals surface area contributed by atoms with Crippen molar-refractivity contribution in [2.45, 2.75) is 0 Å². The standard InChI is InChI=1S/C19H21ClN4O3/c20-14-1-3-16(4-2-14)22-19(26)23-17-7-5-15(6-8-17)21-18(25)13-24-9-11-27-12-10-24/h1-8H,9-13H2,(H,21,25)(H2,22,23,26). The third-order valence-corrected chi connectivity index (χ3v) is 4.25. The van der Waals surface area contributed by atoms with Crippen molar-refractivity contribution < 1.29 is 14.3 Å². The van der Waals surface area contributed by atoms with Crippen LogP contribution in [0.5, 0.6) is 0 Å². The van der Waals surface area contributed by atoms with Gasteiger partial charge < -0.3 is 20.7 Å². The maximum atomic E-state index is 12.1. The fourth-order valence-corrected chi connectivity index (χ4v) is 2.75. The molecule has 7 nitrogen and oxygen atoms in total. The van der Waals surface area contributed by atoms with Crippen LogP contribution >= 0.6 is 11.6 Å². The van der Waals surface area contributed by atoms with Crippen molar-refractivity contribution in [3.8, 4) is 0 Å². The van der Waals surface area contributed by atoms with Crippen molar-refractivity contribution in [1.29, 1.82) is 0 Å². The number of halogens is 1. The van der Waals surface area contributed by atoms with Gasteiger partial charge in [0.2, 0.25) is 5.91 Å². The Balaban J connectivity index is 1.47. The minimum Gasteiger partial charge on any atom is -0.379 e. The number of hydrogen-bond acceptors (Lipinski definition) is 4. The lowest BCUT2D eigenvalue weighted by atomic mass is 10.2. The molecule has 142 valence electrons. The van der Waals surface area contributed by atoms with E-state index in [0.717, 1.165) is 13.1 Å². The number of urea groups is 1. The minimum absolute atomic E-state index is 0.0712. The fourth-order valence-electron chi connectivity index (χ4n) is 2.63. The first-order chi connectivity index (χ1) is 13.1. The van der Waals surface area contributed by atoms with Crippen LogP contribution in [0.15, 0.2) is 48.5 Å². The fraction of sp³-hybridized carbons (Fsp3) is 0.263. The predicted octanol–water partition coefficient (Wildman–Crippen LogP) is 3.25. The summed E-state index contributed by atoms with van der Waals surface area (Å²) in [4.78, 5) is 26.1. The van der Waals surface area contributed by atoms with Gasteiger partial charge in [-0.3, -0.25) is 9.69 Å². The second-order valence-electron chi connectivity index (χ2n) is 6.10. The molecule has 0 bridgehead atoms. The molecule has 2 aromatic rings. The van der Waals surface area contributed by atoms with Crippen molar-refractivity contribution in [3.63, 3.8) is 0 Å². The zero-order valence-corrected chi connectivity index (χ0v) is 15.5. The van der Waals surface area contributed by atoms with E-state index in [-0.39, 0.29) is 11.9 Å². The Morgan fingerprint density at radius 3 is 1.89 bits per heavy atom.